The smallest absolute Gasteiger partial charge is 0.330 e. The van der Waals surface area contributed by atoms with Crippen molar-refractivity contribution in [2.75, 3.05) is 39.6 Å². The van der Waals surface area contributed by atoms with Gasteiger partial charge in [0.25, 0.3) is 5.91 Å². The van der Waals surface area contributed by atoms with Crippen molar-refractivity contribution in [2.45, 2.75) is 44.6 Å². The molecule has 0 atom stereocenters. The van der Waals surface area contributed by atoms with Crippen molar-refractivity contribution in [3.8, 4) is 5.75 Å². The number of carbonyl (C=O) groups is 1. The zero-order valence-electron chi connectivity index (χ0n) is 21.0. The third kappa shape index (κ3) is 5.48. The Bertz CT molecular complexity index is 1240. The van der Waals surface area contributed by atoms with E-state index < -0.39 is 0 Å². The molecular formula is C25H35N7O3. The number of hydrogen-bond acceptors (Lipinski definition) is 7. The normalized spacial score (nSPS) is 14.1. The maximum absolute atomic E-state index is 12.9. The number of benzene rings is 1. The molecule has 1 aliphatic carbocycles. The molecule has 0 radical (unpaired) electrons. The van der Waals surface area contributed by atoms with Crippen LogP contribution in [-0.2, 0) is 7.05 Å². The van der Waals surface area contributed by atoms with Crippen molar-refractivity contribution in [3.05, 3.63) is 40.4 Å². The van der Waals surface area contributed by atoms with E-state index in [4.69, 9.17) is 4.74 Å². The molecule has 2 N–H and O–H groups in total. The summed E-state index contributed by atoms with van der Waals surface area (Å²) < 4.78 is 8.94. The standard InChI is InChI=1S/C25H35N7O3/c1-30(2)14-8-7-13-26-23(33)17-11-12-19(21(15-17)35-4)28-24-27-16-20-22(29-24)32(25(34)31(20)3)18-9-5-6-10-18/h11-12,15-16,18H,5-10,13-14H2,1-4H3,(H,26,33)(H,27,28,29). The molecule has 1 aromatic carbocycles. The first-order valence-corrected chi connectivity index (χ1v) is 12.2. The lowest BCUT2D eigenvalue weighted by atomic mass is 10.1. The highest BCUT2D eigenvalue weighted by Gasteiger charge is 2.24. The molecule has 2 heterocycles. The summed E-state index contributed by atoms with van der Waals surface area (Å²) in [5.74, 6) is 0.740. The van der Waals surface area contributed by atoms with E-state index in [1.807, 2.05) is 14.1 Å². The van der Waals surface area contributed by atoms with E-state index in [9.17, 15) is 9.59 Å². The molecular weight excluding hydrogens is 446 g/mol. The largest absolute Gasteiger partial charge is 0.495 e. The molecule has 0 aliphatic heterocycles. The van der Waals surface area contributed by atoms with Gasteiger partial charge in [-0.25, -0.2) is 9.78 Å². The SMILES string of the molecule is COc1cc(C(=O)NCCCCN(C)C)ccc1Nc1ncc2c(n1)n(C1CCCC1)c(=O)n2C. The van der Waals surface area contributed by atoms with Gasteiger partial charge in [0.1, 0.15) is 11.3 Å². The third-order valence-corrected chi connectivity index (χ3v) is 6.55. The van der Waals surface area contributed by atoms with Crippen molar-refractivity contribution >= 4 is 28.7 Å². The van der Waals surface area contributed by atoms with E-state index in [0.29, 0.717) is 40.7 Å². The number of unbranched alkanes of at least 4 members (excludes halogenated alkanes) is 1. The topological polar surface area (TPSA) is 106 Å². The summed E-state index contributed by atoms with van der Waals surface area (Å²) in [6.07, 6.45) is 7.83. The van der Waals surface area contributed by atoms with E-state index in [1.54, 1.807) is 47.7 Å². The predicted octanol–water partition coefficient (Wildman–Crippen LogP) is 3.07. The maximum atomic E-state index is 12.9. The molecule has 3 aromatic rings. The lowest BCUT2D eigenvalue weighted by Crippen LogP contribution is -2.25. The number of rotatable bonds is 10. The Morgan fingerprint density at radius 1 is 1.23 bits per heavy atom. The number of amides is 1. The third-order valence-electron chi connectivity index (χ3n) is 6.55. The summed E-state index contributed by atoms with van der Waals surface area (Å²) in [5.41, 5.74) is 2.44. The molecule has 1 aliphatic rings. The maximum Gasteiger partial charge on any atom is 0.330 e. The number of fused-ring (bicyclic) bond motifs is 1. The molecule has 1 saturated carbocycles. The molecule has 0 bridgehead atoms. The quantitative estimate of drug-likeness (QED) is 0.429. The first kappa shape index (κ1) is 24.7. The van der Waals surface area contributed by atoms with Crippen molar-refractivity contribution in [1.29, 1.82) is 0 Å². The number of methoxy groups -OCH3 is 1. The average molecular weight is 482 g/mol. The van der Waals surface area contributed by atoms with Crippen LogP contribution in [0.25, 0.3) is 11.2 Å². The molecule has 0 saturated heterocycles. The number of nitrogens with zero attached hydrogens (tertiary/aromatic N) is 5. The van der Waals surface area contributed by atoms with Crippen LogP contribution in [0.1, 0.15) is 54.9 Å². The van der Waals surface area contributed by atoms with E-state index >= 15 is 0 Å². The zero-order valence-corrected chi connectivity index (χ0v) is 21.0. The molecule has 4 rings (SSSR count). The predicted molar refractivity (Wildman–Crippen MR) is 137 cm³/mol. The fourth-order valence-corrected chi connectivity index (χ4v) is 4.60. The van der Waals surface area contributed by atoms with Crippen LogP contribution in [0.4, 0.5) is 11.6 Å². The monoisotopic (exact) mass is 481 g/mol. The van der Waals surface area contributed by atoms with Gasteiger partial charge in [-0.2, -0.15) is 4.98 Å². The Kier molecular flexibility index (Phi) is 7.70. The van der Waals surface area contributed by atoms with Crippen LogP contribution in [0.2, 0.25) is 0 Å². The molecule has 35 heavy (non-hydrogen) atoms. The number of anilines is 2. The van der Waals surface area contributed by atoms with Gasteiger partial charge >= 0.3 is 5.69 Å². The number of hydrogen-bond donors (Lipinski definition) is 2. The van der Waals surface area contributed by atoms with Crippen molar-refractivity contribution in [3.63, 3.8) is 0 Å². The van der Waals surface area contributed by atoms with Gasteiger partial charge < -0.3 is 20.3 Å². The lowest BCUT2D eigenvalue weighted by molar-refractivity contribution is 0.0952. The van der Waals surface area contributed by atoms with Gasteiger partial charge in [-0.1, -0.05) is 12.8 Å². The Morgan fingerprint density at radius 3 is 2.71 bits per heavy atom. The zero-order chi connectivity index (χ0) is 24.9. The molecule has 188 valence electrons. The minimum atomic E-state index is -0.137. The molecule has 1 amide bonds. The second-order valence-corrected chi connectivity index (χ2v) is 9.36. The molecule has 2 aromatic heterocycles. The van der Waals surface area contributed by atoms with Crippen LogP contribution in [0, 0.1) is 0 Å². The van der Waals surface area contributed by atoms with Crippen molar-refractivity contribution < 1.29 is 9.53 Å². The lowest BCUT2D eigenvalue weighted by Gasteiger charge is -2.13. The van der Waals surface area contributed by atoms with Crippen molar-refractivity contribution in [2.24, 2.45) is 7.05 Å². The average Bonchev–Trinajstić information content (AvgIpc) is 3.45. The number of aryl methyl sites for hydroxylation is 1. The first-order chi connectivity index (χ1) is 16.9. The Morgan fingerprint density at radius 2 is 2.00 bits per heavy atom. The van der Waals surface area contributed by atoms with E-state index in [-0.39, 0.29) is 17.6 Å². The van der Waals surface area contributed by atoms with Gasteiger partial charge in [0.05, 0.1) is 19.0 Å². The van der Waals surface area contributed by atoms with Crippen LogP contribution in [0.5, 0.6) is 5.75 Å². The minimum absolute atomic E-state index is 0.0620. The molecule has 1 fully saturated rings. The summed E-state index contributed by atoms with van der Waals surface area (Å²) >= 11 is 0. The highest BCUT2D eigenvalue weighted by Crippen LogP contribution is 2.31. The second-order valence-electron chi connectivity index (χ2n) is 9.36. The number of aromatic nitrogens is 4. The van der Waals surface area contributed by atoms with E-state index in [1.165, 1.54) is 0 Å². The van der Waals surface area contributed by atoms with Crippen LogP contribution in [0.3, 0.4) is 0 Å². The Balaban J connectivity index is 1.50. The first-order valence-electron chi connectivity index (χ1n) is 12.2. The number of carbonyl (C=O) groups excluding carboxylic acids is 1. The van der Waals surface area contributed by atoms with Gasteiger partial charge in [0.15, 0.2) is 5.65 Å². The Labute approximate surface area is 205 Å². The van der Waals surface area contributed by atoms with Crippen LogP contribution in [-0.4, -0.2) is 64.2 Å². The minimum Gasteiger partial charge on any atom is -0.495 e. The number of imidazole rings is 1. The van der Waals surface area contributed by atoms with E-state index in [2.05, 4.69) is 25.5 Å². The Hall–Kier alpha value is -3.40. The van der Waals surface area contributed by atoms with Gasteiger partial charge in [-0.3, -0.25) is 13.9 Å². The van der Waals surface area contributed by atoms with Crippen LogP contribution in [0.15, 0.2) is 29.2 Å². The second kappa shape index (κ2) is 10.9. The summed E-state index contributed by atoms with van der Waals surface area (Å²) in [6.45, 7) is 1.63. The fourth-order valence-electron chi connectivity index (χ4n) is 4.60. The highest BCUT2D eigenvalue weighted by atomic mass is 16.5. The van der Waals surface area contributed by atoms with Gasteiger partial charge in [0.2, 0.25) is 5.95 Å². The van der Waals surface area contributed by atoms with Gasteiger partial charge in [-0.05, 0) is 64.5 Å². The highest BCUT2D eigenvalue weighted by molar-refractivity contribution is 5.95. The van der Waals surface area contributed by atoms with Gasteiger partial charge in [0, 0.05) is 25.2 Å². The fraction of sp³-hybridized carbons (Fsp3) is 0.520. The van der Waals surface area contributed by atoms with Crippen molar-refractivity contribution in [1.82, 2.24) is 29.3 Å². The van der Waals surface area contributed by atoms with Crippen LogP contribution >= 0.6 is 0 Å². The van der Waals surface area contributed by atoms with Crippen LogP contribution < -0.4 is 21.1 Å². The molecule has 0 unspecified atom stereocenters. The summed E-state index contributed by atoms with van der Waals surface area (Å²) in [4.78, 5) is 36.7. The number of ether oxygens (including phenoxy) is 1. The molecule has 10 heteroatoms. The summed E-state index contributed by atoms with van der Waals surface area (Å²) in [5, 5.41) is 6.15. The number of nitrogens with one attached hydrogen (secondary N) is 2. The molecule has 10 nitrogen and oxygen atoms in total. The van der Waals surface area contributed by atoms with Gasteiger partial charge in [-0.15, -0.1) is 0 Å². The summed E-state index contributed by atoms with van der Waals surface area (Å²) in [7, 11) is 7.39. The summed E-state index contributed by atoms with van der Waals surface area (Å²) in [6, 6.07) is 5.40. The molecule has 0 spiro atoms. The van der Waals surface area contributed by atoms with E-state index in [0.717, 1.165) is 45.1 Å².